The molecule has 6 nitrogen and oxygen atoms in total. The first-order valence-corrected chi connectivity index (χ1v) is 9.67. The van der Waals surface area contributed by atoms with Crippen molar-refractivity contribution < 1.29 is 14.7 Å². The Labute approximate surface area is 168 Å². The van der Waals surface area contributed by atoms with E-state index < -0.39 is 5.25 Å². The number of carbonyl (C=O) groups excluding carboxylic acids is 2. The Bertz CT molecular complexity index is 907. The predicted molar refractivity (Wildman–Crippen MR) is 113 cm³/mol. The van der Waals surface area contributed by atoms with Gasteiger partial charge in [0.2, 0.25) is 11.8 Å². The van der Waals surface area contributed by atoms with E-state index in [0.29, 0.717) is 23.1 Å². The second-order valence-corrected chi connectivity index (χ2v) is 7.54. The van der Waals surface area contributed by atoms with E-state index in [4.69, 9.17) is 0 Å². The summed E-state index contributed by atoms with van der Waals surface area (Å²) < 4.78 is 0. The van der Waals surface area contributed by atoms with Crippen molar-refractivity contribution in [2.75, 3.05) is 11.9 Å². The lowest BCUT2D eigenvalue weighted by molar-refractivity contribution is -0.127. The first-order valence-electron chi connectivity index (χ1n) is 8.79. The van der Waals surface area contributed by atoms with Gasteiger partial charge in [-0.15, -0.1) is 6.58 Å². The maximum Gasteiger partial charge on any atom is 0.242 e. The first kappa shape index (κ1) is 19.7. The van der Waals surface area contributed by atoms with Gasteiger partial charge in [0.25, 0.3) is 0 Å². The van der Waals surface area contributed by atoms with Crippen LogP contribution < -0.4 is 5.32 Å². The summed E-state index contributed by atoms with van der Waals surface area (Å²) in [5, 5.41) is 12.2. The van der Waals surface area contributed by atoms with E-state index in [0.717, 1.165) is 5.56 Å². The quantitative estimate of drug-likeness (QED) is 0.728. The van der Waals surface area contributed by atoms with E-state index >= 15 is 0 Å². The molecule has 144 valence electrons. The molecule has 1 unspecified atom stereocenters. The van der Waals surface area contributed by atoms with Crippen molar-refractivity contribution in [2.24, 2.45) is 4.99 Å². The molecule has 0 saturated carbocycles. The van der Waals surface area contributed by atoms with E-state index in [2.05, 4.69) is 16.9 Å². The number of carbonyl (C=O) groups is 2. The molecule has 0 aromatic heterocycles. The Morgan fingerprint density at radius 3 is 2.57 bits per heavy atom. The molecule has 0 aliphatic carbocycles. The van der Waals surface area contributed by atoms with Crippen LogP contribution in [-0.4, -0.2) is 38.8 Å². The Balaban J connectivity index is 1.72. The monoisotopic (exact) mass is 395 g/mol. The number of amides is 2. The molecule has 0 radical (unpaired) electrons. The highest BCUT2D eigenvalue weighted by Crippen LogP contribution is 2.32. The molecule has 1 saturated heterocycles. The Hall–Kier alpha value is -3.06. The summed E-state index contributed by atoms with van der Waals surface area (Å²) in [5.41, 5.74) is 2.42. The van der Waals surface area contributed by atoms with Gasteiger partial charge in [-0.05, 0) is 43.3 Å². The normalized spacial score (nSPS) is 17.8. The number of amidine groups is 1. The first-order chi connectivity index (χ1) is 13.5. The number of aliphatic imine (C=N–C) groups is 1. The number of hydrogen-bond donors (Lipinski definition) is 2. The summed E-state index contributed by atoms with van der Waals surface area (Å²) in [7, 11) is 0. The van der Waals surface area contributed by atoms with Crippen LogP contribution in [0.5, 0.6) is 5.75 Å². The van der Waals surface area contributed by atoms with Gasteiger partial charge in [-0.2, -0.15) is 0 Å². The summed E-state index contributed by atoms with van der Waals surface area (Å²) in [6.07, 6.45) is 1.68. The average Bonchev–Trinajstić information content (AvgIpc) is 2.94. The number of hydrogen-bond acceptors (Lipinski definition) is 5. The number of rotatable bonds is 6. The number of nitrogens with zero attached hydrogens (tertiary/aromatic N) is 2. The third kappa shape index (κ3) is 4.80. The molecular weight excluding hydrogens is 374 g/mol. The fraction of sp³-hybridized carbons (Fsp3) is 0.190. The minimum atomic E-state index is -0.540. The van der Waals surface area contributed by atoms with Crippen LogP contribution in [0.15, 0.2) is 66.2 Å². The maximum atomic E-state index is 12.7. The highest BCUT2D eigenvalue weighted by atomic mass is 32.2. The largest absolute Gasteiger partial charge is 0.508 e. The standard InChI is InChI=1S/C21H21N3O3S/c1-3-12-24-20(27)18(13-19(26)22-15-6-4-14(2)5-7-15)28-21(24)23-16-8-10-17(25)11-9-16/h3-11,18,25H,1,12-13H2,2H3,(H,22,26). The molecule has 2 N–H and O–H groups in total. The van der Waals surface area contributed by atoms with Gasteiger partial charge in [0, 0.05) is 18.7 Å². The van der Waals surface area contributed by atoms with Crippen LogP contribution in [0.3, 0.4) is 0 Å². The van der Waals surface area contributed by atoms with Crippen LogP contribution >= 0.6 is 11.8 Å². The van der Waals surface area contributed by atoms with E-state index in [1.807, 2.05) is 31.2 Å². The SMILES string of the molecule is C=CCN1C(=O)C(CC(=O)Nc2ccc(C)cc2)SC1=Nc1ccc(O)cc1. The molecular formula is C21H21N3O3S. The zero-order valence-electron chi connectivity index (χ0n) is 15.5. The van der Waals surface area contributed by atoms with Crippen LogP contribution in [0.1, 0.15) is 12.0 Å². The summed E-state index contributed by atoms with van der Waals surface area (Å²) in [5.74, 6) is -0.242. The van der Waals surface area contributed by atoms with Gasteiger partial charge in [0.05, 0.1) is 5.69 Å². The molecule has 2 amide bonds. The number of benzene rings is 2. The molecule has 28 heavy (non-hydrogen) atoms. The predicted octanol–water partition coefficient (Wildman–Crippen LogP) is 3.85. The van der Waals surface area contributed by atoms with Gasteiger partial charge in [-0.3, -0.25) is 14.5 Å². The smallest absolute Gasteiger partial charge is 0.242 e. The van der Waals surface area contributed by atoms with E-state index in [1.165, 1.54) is 28.8 Å². The van der Waals surface area contributed by atoms with Crippen molar-refractivity contribution in [3.05, 3.63) is 66.7 Å². The fourth-order valence-corrected chi connectivity index (χ4v) is 3.84. The highest BCUT2D eigenvalue weighted by molar-refractivity contribution is 8.15. The summed E-state index contributed by atoms with van der Waals surface area (Å²) >= 11 is 1.26. The molecule has 0 spiro atoms. The van der Waals surface area contributed by atoms with Gasteiger partial charge >= 0.3 is 0 Å². The average molecular weight is 395 g/mol. The third-order valence-corrected chi connectivity index (χ3v) is 5.29. The minimum Gasteiger partial charge on any atom is -0.508 e. The third-order valence-electron chi connectivity index (χ3n) is 4.11. The molecule has 2 aromatic carbocycles. The lowest BCUT2D eigenvalue weighted by Gasteiger charge is -2.13. The zero-order chi connectivity index (χ0) is 20.1. The van der Waals surface area contributed by atoms with Crippen molar-refractivity contribution in [1.29, 1.82) is 0 Å². The molecule has 1 aliphatic heterocycles. The summed E-state index contributed by atoms with van der Waals surface area (Å²) in [4.78, 5) is 31.1. The van der Waals surface area contributed by atoms with Gasteiger partial charge in [0.1, 0.15) is 11.0 Å². The number of thioether (sulfide) groups is 1. The number of phenols is 1. The van der Waals surface area contributed by atoms with Gasteiger partial charge in [0.15, 0.2) is 5.17 Å². The lowest BCUT2D eigenvalue weighted by Crippen LogP contribution is -2.33. The number of nitrogens with one attached hydrogen (secondary N) is 1. The second kappa shape index (κ2) is 8.75. The van der Waals surface area contributed by atoms with Crippen LogP contribution in [0, 0.1) is 6.92 Å². The van der Waals surface area contributed by atoms with Crippen molar-refractivity contribution in [1.82, 2.24) is 4.90 Å². The van der Waals surface area contributed by atoms with E-state index in [-0.39, 0.29) is 24.0 Å². The Morgan fingerprint density at radius 1 is 1.25 bits per heavy atom. The number of phenolic OH excluding ortho intramolecular Hbond substituents is 1. The van der Waals surface area contributed by atoms with Gasteiger partial charge < -0.3 is 10.4 Å². The summed E-state index contributed by atoms with van der Waals surface area (Å²) in [6, 6.07) is 13.9. The Morgan fingerprint density at radius 2 is 1.93 bits per heavy atom. The number of aromatic hydroxyl groups is 1. The summed E-state index contributed by atoms with van der Waals surface area (Å²) in [6.45, 7) is 5.98. The van der Waals surface area contributed by atoms with Crippen molar-refractivity contribution in [2.45, 2.75) is 18.6 Å². The van der Waals surface area contributed by atoms with Gasteiger partial charge in [-0.25, -0.2) is 4.99 Å². The van der Waals surface area contributed by atoms with Crippen LogP contribution in [0.4, 0.5) is 11.4 Å². The molecule has 2 aromatic rings. The minimum absolute atomic E-state index is 0.0552. The van der Waals surface area contributed by atoms with Crippen molar-refractivity contribution in [3.8, 4) is 5.75 Å². The second-order valence-electron chi connectivity index (χ2n) is 6.37. The zero-order valence-corrected chi connectivity index (χ0v) is 16.3. The van der Waals surface area contributed by atoms with E-state index in [1.54, 1.807) is 18.2 Å². The van der Waals surface area contributed by atoms with Crippen molar-refractivity contribution in [3.63, 3.8) is 0 Å². The molecule has 0 bridgehead atoms. The molecule has 7 heteroatoms. The van der Waals surface area contributed by atoms with E-state index in [9.17, 15) is 14.7 Å². The number of anilines is 1. The fourth-order valence-electron chi connectivity index (χ4n) is 2.68. The molecule has 3 rings (SSSR count). The highest BCUT2D eigenvalue weighted by Gasteiger charge is 2.38. The lowest BCUT2D eigenvalue weighted by atomic mass is 10.2. The van der Waals surface area contributed by atoms with Crippen LogP contribution in [-0.2, 0) is 9.59 Å². The molecule has 1 aliphatic rings. The molecule has 1 heterocycles. The molecule has 1 atom stereocenters. The van der Waals surface area contributed by atoms with Crippen LogP contribution in [0.2, 0.25) is 0 Å². The molecule has 1 fully saturated rings. The van der Waals surface area contributed by atoms with Crippen LogP contribution in [0.25, 0.3) is 0 Å². The van der Waals surface area contributed by atoms with Crippen molar-refractivity contribution >= 4 is 40.1 Å². The topological polar surface area (TPSA) is 82.0 Å². The Kier molecular flexibility index (Phi) is 6.16. The number of aryl methyl sites for hydroxylation is 1. The van der Waals surface area contributed by atoms with Gasteiger partial charge in [-0.1, -0.05) is 35.5 Å². The maximum absolute atomic E-state index is 12.7.